The number of halogens is 2. The fraction of sp³-hybridized carbons (Fsp3) is 0.417. The molecule has 0 atom stereocenters. The van der Waals surface area contributed by atoms with Gasteiger partial charge in [0.15, 0.2) is 0 Å². The van der Waals surface area contributed by atoms with Crippen molar-refractivity contribution in [2.24, 2.45) is 5.92 Å². The highest BCUT2D eigenvalue weighted by Crippen LogP contribution is 2.18. The summed E-state index contributed by atoms with van der Waals surface area (Å²) in [6.07, 6.45) is 1.82. The van der Waals surface area contributed by atoms with Gasteiger partial charge in [-0.25, -0.2) is 0 Å². The number of carbonyl (C=O) groups is 1. The summed E-state index contributed by atoms with van der Waals surface area (Å²) in [4.78, 5) is 11.9. The highest BCUT2D eigenvalue weighted by atomic mass is 35.5. The summed E-state index contributed by atoms with van der Waals surface area (Å²) in [6.45, 7) is 1.85. The lowest BCUT2D eigenvalue weighted by Crippen LogP contribution is -2.34. The number of nitrogens with one attached hydrogen (secondary N) is 2. The van der Waals surface area contributed by atoms with E-state index < -0.39 is 0 Å². The molecule has 1 amide bonds. The maximum Gasteiger partial charge on any atom is 0.227 e. The normalized spacial score (nSPS) is 16.1. The van der Waals surface area contributed by atoms with Gasteiger partial charge in [0.25, 0.3) is 0 Å². The second kappa shape index (κ2) is 6.84. The lowest BCUT2D eigenvalue weighted by atomic mass is 9.97. The molecule has 1 heterocycles. The first kappa shape index (κ1) is 14.3. The number of anilines is 1. The molecule has 0 spiro atoms. The first-order chi connectivity index (χ1) is 7.75. The van der Waals surface area contributed by atoms with Crippen LogP contribution in [0.3, 0.4) is 0 Å². The lowest BCUT2D eigenvalue weighted by Gasteiger charge is -2.21. The highest BCUT2D eigenvalue weighted by Gasteiger charge is 2.20. The summed E-state index contributed by atoms with van der Waals surface area (Å²) in [5.74, 6) is 0.226. The smallest absolute Gasteiger partial charge is 0.227 e. The molecule has 1 aromatic rings. The van der Waals surface area contributed by atoms with Crippen LogP contribution in [0.2, 0.25) is 5.02 Å². The van der Waals surface area contributed by atoms with E-state index in [-0.39, 0.29) is 24.2 Å². The van der Waals surface area contributed by atoms with Crippen molar-refractivity contribution in [3.63, 3.8) is 0 Å². The molecule has 1 aliphatic heterocycles. The molecule has 0 unspecified atom stereocenters. The van der Waals surface area contributed by atoms with E-state index in [1.54, 1.807) is 12.1 Å². The van der Waals surface area contributed by atoms with Crippen LogP contribution in [0.15, 0.2) is 24.3 Å². The minimum Gasteiger partial charge on any atom is -0.326 e. The molecule has 1 aromatic carbocycles. The van der Waals surface area contributed by atoms with Gasteiger partial charge in [-0.3, -0.25) is 4.79 Å². The van der Waals surface area contributed by atoms with Crippen molar-refractivity contribution >= 4 is 35.6 Å². The summed E-state index contributed by atoms with van der Waals surface area (Å²) in [5.41, 5.74) is 0.774. The van der Waals surface area contributed by atoms with Gasteiger partial charge >= 0.3 is 0 Å². The van der Waals surface area contributed by atoms with Crippen LogP contribution in [0.5, 0.6) is 0 Å². The van der Waals surface area contributed by atoms with Crippen LogP contribution in [0.4, 0.5) is 5.69 Å². The second-order valence-corrected chi connectivity index (χ2v) is 4.46. The molecule has 0 saturated carbocycles. The predicted octanol–water partition coefficient (Wildman–Crippen LogP) is 2.70. The van der Waals surface area contributed by atoms with E-state index in [2.05, 4.69) is 10.6 Å². The molecular formula is C12H16Cl2N2O. The van der Waals surface area contributed by atoms with Gasteiger partial charge in [-0.05, 0) is 44.1 Å². The maximum absolute atomic E-state index is 11.9. The minimum atomic E-state index is 0. The van der Waals surface area contributed by atoms with Crippen molar-refractivity contribution in [2.75, 3.05) is 18.4 Å². The number of hydrogen-bond donors (Lipinski definition) is 2. The number of rotatable bonds is 2. The Kier molecular flexibility index (Phi) is 5.75. The molecule has 1 fully saturated rings. The molecule has 1 aliphatic rings. The molecule has 0 aliphatic carbocycles. The maximum atomic E-state index is 11.9. The molecule has 17 heavy (non-hydrogen) atoms. The average molecular weight is 275 g/mol. The van der Waals surface area contributed by atoms with Gasteiger partial charge in [0, 0.05) is 16.6 Å². The zero-order valence-electron chi connectivity index (χ0n) is 9.41. The van der Waals surface area contributed by atoms with Crippen molar-refractivity contribution in [1.82, 2.24) is 5.32 Å². The van der Waals surface area contributed by atoms with Crippen LogP contribution < -0.4 is 10.6 Å². The van der Waals surface area contributed by atoms with Crippen molar-refractivity contribution < 1.29 is 4.79 Å². The predicted molar refractivity (Wildman–Crippen MR) is 72.9 cm³/mol. The molecule has 1 saturated heterocycles. The summed E-state index contributed by atoms with van der Waals surface area (Å²) in [5, 5.41) is 6.78. The molecular weight excluding hydrogens is 259 g/mol. The zero-order valence-corrected chi connectivity index (χ0v) is 11.0. The Morgan fingerprint density at radius 2 is 2.06 bits per heavy atom. The Bertz CT molecular complexity index is 379. The Morgan fingerprint density at radius 3 is 2.71 bits per heavy atom. The standard InChI is InChI=1S/C12H15ClN2O.ClH/c13-10-2-1-3-11(8-10)15-12(16)9-4-6-14-7-5-9;/h1-3,8-9,14H,4-7H2,(H,15,16);1H. The Morgan fingerprint density at radius 1 is 1.35 bits per heavy atom. The van der Waals surface area contributed by atoms with Gasteiger partial charge < -0.3 is 10.6 Å². The molecule has 0 bridgehead atoms. The molecule has 0 aromatic heterocycles. The van der Waals surface area contributed by atoms with E-state index in [1.165, 1.54) is 0 Å². The van der Waals surface area contributed by atoms with E-state index >= 15 is 0 Å². The van der Waals surface area contributed by atoms with E-state index in [0.29, 0.717) is 5.02 Å². The van der Waals surface area contributed by atoms with Gasteiger partial charge in [-0.2, -0.15) is 0 Å². The fourth-order valence-corrected chi connectivity index (χ4v) is 2.08. The topological polar surface area (TPSA) is 41.1 Å². The van der Waals surface area contributed by atoms with Crippen LogP contribution in [-0.4, -0.2) is 19.0 Å². The van der Waals surface area contributed by atoms with Crippen LogP contribution in [0.25, 0.3) is 0 Å². The summed E-state index contributed by atoms with van der Waals surface area (Å²) < 4.78 is 0. The fourth-order valence-electron chi connectivity index (χ4n) is 1.89. The summed E-state index contributed by atoms with van der Waals surface area (Å²) in [7, 11) is 0. The van der Waals surface area contributed by atoms with E-state index in [1.807, 2.05) is 12.1 Å². The number of hydrogen-bond acceptors (Lipinski definition) is 2. The molecule has 0 radical (unpaired) electrons. The van der Waals surface area contributed by atoms with Crippen molar-refractivity contribution in [3.05, 3.63) is 29.3 Å². The molecule has 2 rings (SSSR count). The van der Waals surface area contributed by atoms with Crippen LogP contribution in [0.1, 0.15) is 12.8 Å². The number of piperidine rings is 1. The van der Waals surface area contributed by atoms with Gasteiger partial charge in [-0.15, -0.1) is 12.4 Å². The number of benzene rings is 1. The molecule has 2 N–H and O–H groups in total. The van der Waals surface area contributed by atoms with Crippen molar-refractivity contribution in [2.45, 2.75) is 12.8 Å². The Hall–Kier alpha value is -0.770. The van der Waals surface area contributed by atoms with Crippen molar-refractivity contribution in [3.8, 4) is 0 Å². The lowest BCUT2D eigenvalue weighted by molar-refractivity contribution is -0.120. The largest absolute Gasteiger partial charge is 0.326 e. The average Bonchev–Trinajstić information content (AvgIpc) is 2.30. The van der Waals surface area contributed by atoms with Gasteiger partial charge in [-0.1, -0.05) is 17.7 Å². The van der Waals surface area contributed by atoms with Crippen LogP contribution in [-0.2, 0) is 4.79 Å². The van der Waals surface area contributed by atoms with E-state index in [4.69, 9.17) is 11.6 Å². The third kappa shape index (κ3) is 4.19. The van der Waals surface area contributed by atoms with Gasteiger partial charge in [0.2, 0.25) is 5.91 Å². The summed E-state index contributed by atoms with van der Waals surface area (Å²) >= 11 is 5.85. The second-order valence-electron chi connectivity index (χ2n) is 4.02. The number of carbonyl (C=O) groups excluding carboxylic acids is 1. The van der Waals surface area contributed by atoms with E-state index in [0.717, 1.165) is 31.6 Å². The monoisotopic (exact) mass is 274 g/mol. The Labute approximate surface area is 112 Å². The molecule has 5 heteroatoms. The van der Waals surface area contributed by atoms with Crippen LogP contribution in [0, 0.1) is 5.92 Å². The zero-order chi connectivity index (χ0) is 11.4. The van der Waals surface area contributed by atoms with Gasteiger partial charge in [0.05, 0.1) is 0 Å². The minimum absolute atomic E-state index is 0. The van der Waals surface area contributed by atoms with Gasteiger partial charge in [0.1, 0.15) is 0 Å². The highest BCUT2D eigenvalue weighted by molar-refractivity contribution is 6.30. The molecule has 3 nitrogen and oxygen atoms in total. The van der Waals surface area contributed by atoms with Crippen molar-refractivity contribution in [1.29, 1.82) is 0 Å². The SMILES string of the molecule is Cl.O=C(Nc1cccc(Cl)c1)C1CCNCC1. The number of amides is 1. The van der Waals surface area contributed by atoms with Crippen LogP contribution >= 0.6 is 24.0 Å². The first-order valence-corrected chi connectivity index (χ1v) is 5.90. The quantitative estimate of drug-likeness (QED) is 0.871. The van der Waals surface area contributed by atoms with E-state index in [9.17, 15) is 4.79 Å². The molecule has 94 valence electrons. The Balaban J connectivity index is 0.00000144. The first-order valence-electron chi connectivity index (χ1n) is 5.53. The third-order valence-electron chi connectivity index (χ3n) is 2.80. The third-order valence-corrected chi connectivity index (χ3v) is 3.04. The summed E-state index contributed by atoms with van der Waals surface area (Å²) in [6, 6.07) is 7.24.